The molecule has 0 aliphatic carbocycles. The predicted molar refractivity (Wildman–Crippen MR) is 85.9 cm³/mol. The Kier molecular flexibility index (Phi) is 4.42. The van der Waals surface area contributed by atoms with Crippen molar-refractivity contribution < 1.29 is 8.42 Å². The van der Waals surface area contributed by atoms with Gasteiger partial charge in [0.15, 0.2) is 0 Å². The minimum atomic E-state index is -3.63. The number of benzene rings is 2. The van der Waals surface area contributed by atoms with E-state index in [2.05, 4.69) is 20.7 Å². The van der Waals surface area contributed by atoms with Crippen molar-refractivity contribution >= 4 is 43.2 Å². The van der Waals surface area contributed by atoms with Gasteiger partial charge in [-0.05, 0) is 65.2 Å². The van der Waals surface area contributed by atoms with Crippen LogP contribution in [0.1, 0.15) is 11.1 Å². The number of halogens is 2. The lowest BCUT2D eigenvalue weighted by Gasteiger charge is -2.12. The van der Waals surface area contributed by atoms with Crippen LogP contribution in [0.25, 0.3) is 0 Å². The van der Waals surface area contributed by atoms with Gasteiger partial charge < -0.3 is 0 Å². The molecule has 6 heteroatoms. The summed E-state index contributed by atoms with van der Waals surface area (Å²) in [6.45, 7) is 3.77. The lowest BCUT2D eigenvalue weighted by Crippen LogP contribution is -2.13. The van der Waals surface area contributed by atoms with E-state index in [0.29, 0.717) is 15.2 Å². The van der Waals surface area contributed by atoms with E-state index in [4.69, 9.17) is 11.6 Å². The van der Waals surface area contributed by atoms with Gasteiger partial charge >= 0.3 is 0 Å². The molecule has 1 N–H and O–H groups in total. The van der Waals surface area contributed by atoms with Gasteiger partial charge in [0.2, 0.25) is 0 Å². The molecule has 0 bridgehead atoms. The van der Waals surface area contributed by atoms with Crippen LogP contribution in [0.4, 0.5) is 5.69 Å². The molecule has 2 aromatic rings. The minimum absolute atomic E-state index is 0.162. The highest BCUT2D eigenvalue weighted by molar-refractivity contribution is 9.10. The Bertz CT molecular complexity index is 760. The quantitative estimate of drug-likeness (QED) is 0.858. The smallest absolute Gasteiger partial charge is 0.261 e. The second-order valence-electron chi connectivity index (χ2n) is 4.50. The topological polar surface area (TPSA) is 46.2 Å². The first-order valence-electron chi connectivity index (χ1n) is 5.85. The molecule has 0 amide bonds. The minimum Gasteiger partial charge on any atom is -0.279 e. The number of anilines is 1. The van der Waals surface area contributed by atoms with Gasteiger partial charge in [-0.1, -0.05) is 23.7 Å². The zero-order chi connectivity index (χ0) is 14.9. The maximum Gasteiger partial charge on any atom is 0.261 e. The van der Waals surface area contributed by atoms with Crippen molar-refractivity contribution in [3.05, 3.63) is 57.0 Å². The second-order valence-corrected chi connectivity index (χ2v) is 7.44. The molecule has 0 aliphatic heterocycles. The molecule has 0 fully saturated rings. The first kappa shape index (κ1) is 15.4. The molecule has 0 atom stereocenters. The van der Waals surface area contributed by atoms with E-state index < -0.39 is 10.0 Å². The van der Waals surface area contributed by atoms with Crippen LogP contribution in [-0.2, 0) is 10.0 Å². The largest absolute Gasteiger partial charge is 0.279 e. The van der Waals surface area contributed by atoms with Gasteiger partial charge in [-0.15, -0.1) is 0 Å². The Morgan fingerprint density at radius 3 is 2.45 bits per heavy atom. The highest BCUT2D eigenvalue weighted by Crippen LogP contribution is 2.27. The summed E-state index contributed by atoms with van der Waals surface area (Å²) in [5.74, 6) is 0. The molecule has 0 aliphatic rings. The summed E-state index contributed by atoms with van der Waals surface area (Å²) in [7, 11) is -3.63. The van der Waals surface area contributed by atoms with E-state index in [9.17, 15) is 8.42 Å². The summed E-state index contributed by atoms with van der Waals surface area (Å²) in [6.07, 6.45) is 0. The van der Waals surface area contributed by atoms with Crippen LogP contribution in [-0.4, -0.2) is 8.42 Å². The van der Waals surface area contributed by atoms with Gasteiger partial charge in [0.1, 0.15) is 0 Å². The van der Waals surface area contributed by atoms with E-state index in [1.807, 2.05) is 26.0 Å². The summed E-state index contributed by atoms with van der Waals surface area (Å²) in [4.78, 5) is 0.162. The van der Waals surface area contributed by atoms with Crippen molar-refractivity contribution in [2.24, 2.45) is 0 Å². The monoisotopic (exact) mass is 373 g/mol. The SMILES string of the molecule is Cc1ccc(C)c(NS(=O)(=O)c2ccc(Cl)c(Br)c2)c1. The first-order valence-corrected chi connectivity index (χ1v) is 8.50. The number of hydrogen-bond donors (Lipinski definition) is 1. The standard InChI is InChI=1S/C14H13BrClNO2S/c1-9-3-4-10(2)14(7-9)17-20(18,19)11-5-6-13(16)12(15)8-11/h3-8,17H,1-2H3. The Hall–Kier alpha value is -1.04. The Morgan fingerprint density at radius 2 is 1.80 bits per heavy atom. The maximum atomic E-state index is 12.4. The summed E-state index contributed by atoms with van der Waals surface area (Å²) >= 11 is 9.10. The number of rotatable bonds is 3. The zero-order valence-electron chi connectivity index (χ0n) is 10.9. The van der Waals surface area contributed by atoms with Crippen LogP contribution in [0, 0.1) is 13.8 Å². The fourth-order valence-corrected chi connectivity index (χ4v) is 3.49. The molecule has 0 spiro atoms. The molecule has 0 saturated carbocycles. The Labute approximate surface area is 132 Å². The lowest BCUT2D eigenvalue weighted by atomic mass is 10.1. The highest BCUT2D eigenvalue weighted by Gasteiger charge is 2.16. The highest BCUT2D eigenvalue weighted by atomic mass is 79.9. The van der Waals surface area contributed by atoms with Crippen LogP contribution >= 0.6 is 27.5 Å². The van der Waals surface area contributed by atoms with Crippen LogP contribution in [0.15, 0.2) is 45.8 Å². The molecule has 2 rings (SSSR count). The Balaban J connectivity index is 2.40. The van der Waals surface area contributed by atoms with Crippen molar-refractivity contribution in [3.63, 3.8) is 0 Å². The molecule has 20 heavy (non-hydrogen) atoms. The van der Waals surface area contributed by atoms with Crippen molar-refractivity contribution in [1.29, 1.82) is 0 Å². The van der Waals surface area contributed by atoms with Crippen molar-refractivity contribution in [3.8, 4) is 0 Å². The molecule has 106 valence electrons. The third-order valence-corrected chi connectivity index (χ3v) is 5.42. The third-order valence-electron chi connectivity index (χ3n) is 2.84. The molecule has 2 aromatic carbocycles. The fourth-order valence-electron chi connectivity index (χ4n) is 1.69. The van der Waals surface area contributed by atoms with Gasteiger partial charge in [0.25, 0.3) is 10.0 Å². The van der Waals surface area contributed by atoms with Gasteiger partial charge in [0.05, 0.1) is 15.6 Å². The van der Waals surface area contributed by atoms with Gasteiger partial charge in [-0.3, -0.25) is 4.72 Å². The number of nitrogens with one attached hydrogen (secondary N) is 1. The first-order chi connectivity index (χ1) is 9.29. The summed E-state index contributed by atoms with van der Waals surface area (Å²) < 4.78 is 27.9. The average molecular weight is 375 g/mol. The van der Waals surface area contributed by atoms with E-state index in [1.54, 1.807) is 12.1 Å². The number of hydrogen-bond acceptors (Lipinski definition) is 2. The van der Waals surface area contributed by atoms with E-state index in [1.165, 1.54) is 12.1 Å². The fraction of sp³-hybridized carbons (Fsp3) is 0.143. The molecule has 0 radical (unpaired) electrons. The second kappa shape index (κ2) is 5.76. The molecule has 0 saturated heterocycles. The van der Waals surface area contributed by atoms with Crippen molar-refractivity contribution in [2.45, 2.75) is 18.7 Å². The lowest BCUT2D eigenvalue weighted by molar-refractivity contribution is 0.601. The number of aryl methyl sites for hydroxylation is 2. The van der Waals surface area contributed by atoms with E-state index in [-0.39, 0.29) is 4.90 Å². The van der Waals surface area contributed by atoms with Crippen LogP contribution in [0.3, 0.4) is 0 Å². The molecule has 3 nitrogen and oxygen atoms in total. The van der Waals surface area contributed by atoms with Crippen molar-refractivity contribution in [2.75, 3.05) is 4.72 Å². The van der Waals surface area contributed by atoms with Gasteiger partial charge in [-0.2, -0.15) is 0 Å². The number of sulfonamides is 1. The predicted octanol–water partition coefficient (Wildman–Crippen LogP) is 4.52. The molecule has 0 aromatic heterocycles. The summed E-state index contributed by atoms with van der Waals surface area (Å²) in [5.41, 5.74) is 2.44. The van der Waals surface area contributed by atoms with Crippen LogP contribution in [0.5, 0.6) is 0 Å². The van der Waals surface area contributed by atoms with Crippen molar-refractivity contribution in [1.82, 2.24) is 0 Å². The van der Waals surface area contributed by atoms with Crippen LogP contribution < -0.4 is 4.72 Å². The average Bonchev–Trinajstić information content (AvgIpc) is 2.36. The van der Waals surface area contributed by atoms with Gasteiger partial charge in [-0.25, -0.2) is 8.42 Å². The van der Waals surface area contributed by atoms with Gasteiger partial charge in [0, 0.05) is 4.47 Å². The molecule has 0 heterocycles. The zero-order valence-corrected chi connectivity index (χ0v) is 14.1. The van der Waals surface area contributed by atoms with E-state index in [0.717, 1.165) is 11.1 Å². The maximum absolute atomic E-state index is 12.4. The summed E-state index contributed by atoms with van der Waals surface area (Å²) in [5, 5.41) is 0.468. The molecule has 0 unspecified atom stereocenters. The van der Waals surface area contributed by atoms with Crippen LogP contribution in [0.2, 0.25) is 5.02 Å². The normalized spacial score (nSPS) is 11.4. The summed E-state index contributed by atoms with van der Waals surface area (Å²) in [6, 6.07) is 10.1. The van der Waals surface area contributed by atoms with E-state index >= 15 is 0 Å². The third kappa shape index (κ3) is 3.34. The molecular weight excluding hydrogens is 362 g/mol. The molecular formula is C14H13BrClNO2S. The Morgan fingerprint density at radius 1 is 1.10 bits per heavy atom.